The highest BCUT2D eigenvalue weighted by atomic mass is 32.2. The summed E-state index contributed by atoms with van der Waals surface area (Å²) in [6.45, 7) is 3.86. The molecule has 0 spiro atoms. The average Bonchev–Trinajstić information content (AvgIpc) is 1.66. The molecule has 1 nitrogen and oxygen atoms in total. The van der Waals surface area contributed by atoms with Crippen LogP contribution in [0.15, 0.2) is 11.5 Å². The Kier molecular flexibility index (Phi) is 4.76. The van der Waals surface area contributed by atoms with Crippen molar-refractivity contribution >= 4 is 16.8 Å². The quantitative estimate of drug-likeness (QED) is 0.449. The third-order valence-corrected chi connectivity index (χ3v) is 1.26. The topological polar surface area (TPSA) is 23.9 Å². The molecule has 0 heterocycles. The number of nitrogens with one attached hydrogen (secondary N) is 1. The van der Waals surface area contributed by atoms with Crippen LogP contribution in [-0.2, 0) is 0 Å². The highest BCUT2D eigenvalue weighted by Crippen LogP contribution is 2.02. The molecular weight excluding hydrogens is 118 g/mol. The minimum absolute atomic E-state index is 0.648. The van der Waals surface area contributed by atoms with Crippen LogP contribution in [0.2, 0.25) is 0 Å². The van der Waals surface area contributed by atoms with Gasteiger partial charge in [-0.25, -0.2) is 0 Å². The zero-order valence-electron chi connectivity index (χ0n) is 5.27. The predicted octanol–water partition coefficient (Wildman–Crippen LogP) is 2.64. The Hall–Kier alpha value is -0.240. The molecule has 46 valence electrons. The van der Waals surface area contributed by atoms with Crippen LogP contribution in [0, 0.1) is 5.41 Å². The molecule has 0 unspecified atom stereocenters. The summed E-state index contributed by atoms with van der Waals surface area (Å²) in [5.74, 6) is 0. The van der Waals surface area contributed by atoms with Crippen LogP contribution in [0.5, 0.6) is 0 Å². The SMILES string of the molecule is CC/C=C/SC(C)=N. The van der Waals surface area contributed by atoms with Gasteiger partial charge in [0.25, 0.3) is 0 Å². The molecule has 0 bridgehead atoms. The molecule has 0 aromatic carbocycles. The summed E-state index contributed by atoms with van der Waals surface area (Å²) in [7, 11) is 0. The molecule has 0 saturated carbocycles. The summed E-state index contributed by atoms with van der Waals surface area (Å²) < 4.78 is 0. The van der Waals surface area contributed by atoms with Gasteiger partial charge in [0.15, 0.2) is 0 Å². The molecule has 0 fully saturated rings. The second kappa shape index (κ2) is 4.91. The Morgan fingerprint density at radius 2 is 2.38 bits per heavy atom. The van der Waals surface area contributed by atoms with Crippen LogP contribution in [0.1, 0.15) is 20.3 Å². The molecule has 0 aliphatic carbocycles. The molecule has 8 heavy (non-hydrogen) atoms. The van der Waals surface area contributed by atoms with Crippen LogP contribution >= 0.6 is 11.8 Å². The van der Waals surface area contributed by atoms with Crippen LogP contribution in [-0.4, -0.2) is 5.04 Å². The summed E-state index contributed by atoms with van der Waals surface area (Å²) >= 11 is 1.46. The third kappa shape index (κ3) is 5.76. The Morgan fingerprint density at radius 1 is 1.75 bits per heavy atom. The van der Waals surface area contributed by atoms with Gasteiger partial charge in [-0.05, 0) is 18.8 Å². The Bertz CT molecular complexity index is 96.7. The van der Waals surface area contributed by atoms with Gasteiger partial charge in [0, 0.05) is 0 Å². The highest BCUT2D eigenvalue weighted by Gasteiger charge is 1.78. The number of thioether (sulfide) groups is 1. The van der Waals surface area contributed by atoms with Crippen molar-refractivity contribution in [2.45, 2.75) is 20.3 Å². The third-order valence-electron chi connectivity index (χ3n) is 0.577. The molecule has 0 radical (unpaired) electrons. The first-order valence-corrected chi connectivity index (χ1v) is 3.52. The van der Waals surface area contributed by atoms with E-state index in [1.165, 1.54) is 11.8 Å². The summed E-state index contributed by atoms with van der Waals surface area (Å²) in [5, 5.41) is 9.58. The van der Waals surface area contributed by atoms with Gasteiger partial charge in [0.2, 0.25) is 0 Å². The van der Waals surface area contributed by atoms with Gasteiger partial charge in [-0.3, -0.25) is 5.41 Å². The first kappa shape index (κ1) is 7.76. The van der Waals surface area contributed by atoms with Crippen molar-refractivity contribution in [3.8, 4) is 0 Å². The van der Waals surface area contributed by atoms with Crippen molar-refractivity contribution in [1.29, 1.82) is 5.41 Å². The fourth-order valence-electron chi connectivity index (χ4n) is 0.246. The average molecular weight is 129 g/mol. The van der Waals surface area contributed by atoms with Crippen LogP contribution in [0.3, 0.4) is 0 Å². The van der Waals surface area contributed by atoms with Gasteiger partial charge < -0.3 is 0 Å². The summed E-state index contributed by atoms with van der Waals surface area (Å²) in [4.78, 5) is 0. The monoisotopic (exact) mass is 129 g/mol. The summed E-state index contributed by atoms with van der Waals surface area (Å²) in [6, 6.07) is 0. The molecule has 0 amide bonds. The molecular formula is C6H11NS. The van der Waals surface area contributed by atoms with E-state index in [1.54, 1.807) is 6.92 Å². The van der Waals surface area contributed by atoms with Gasteiger partial charge in [0.1, 0.15) is 0 Å². The maximum atomic E-state index is 6.98. The molecule has 1 N–H and O–H groups in total. The number of hydrogen-bond donors (Lipinski definition) is 1. The van der Waals surface area contributed by atoms with Crippen molar-refractivity contribution in [2.75, 3.05) is 0 Å². The van der Waals surface area contributed by atoms with E-state index in [4.69, 9.17) is 5.41 Å². The standard InChI is InChI=1S/C6H11NS/c1-3-4-5-8-6(2)7/h4-5,7H,3H2,1-2H3/b5-4+,7-6?. The van der Waals surface area contributed by atoms with Crippen molar-refractivity contribution in [2.24, 2.45) is 0 Å². The first-order chi connectivity index (χ1) is 3.77. The molecule has 0 aromatic heterocycles. The van der Waals surface area contributed by atoms with Gasteiger partial charge in [0.05, 0.1) is 5.04 Å². The zero-order chi connectivity index (χ0) is 6.41. The fraction of sp³-hybridized carbons (Fsp3) is 0.500. The van der Waals surface area contributed by atoms with E-state index in [0.717, 1.165) is 6.42 Å². The lowest BCUT2D eigenvalue weighted by atomic mass is 10.5. The molecule has 0 aromatic rings. The molecule has 0 atom stereocenters. The van der Waals surface area contributed by atoms with Crippen molar-refractivity contribution in [3.63, 3.8) is 0 Å². The Labute approximate surface area is 54.7 Å². The number of hydrogen-bond acceptors (Lipinski definition) is 2. The van der Waals surface area contributed by atoms with Crippen LogP contribution in [0.4, 0.5) is 0 Å². The molecule has 0 rings (SSSR count). The lowest BCUT2D eigenvalue weighted by Crippen LogP contribution is -1.71. The number of allylic oxidation sites excluding steroid dienone is 1. The summed E-state index contributed by atoms with van der Waals surface area (Å²) in [5.41, 5.74) is 0. The van der Waals surface area contributed by atoms with E-state index in [1.807, 2.05) is 11.5 Å². The predicted molar refractivity (Wildman–Crippen MR) is 40.4 cm³/mol. The molecule has 0 saturated heterocycles. The van der Waals surface area contributed by atoms with Crippen molar-refractivity contribution in [1.82, 2.24) is 0 Å². The normalized spacial score (nSPS) is 10.2. The zero-order valence-corrected chi connectivity index (χ0v) is 6.09. The molecule has 0 aliphatic rings. The van der Waals surface area contributed by atoms with E-state index in [-0.39, 0.29) is 0 Å². The first-order valence-electron chi connectivity index (χ1n) is 2.64. The molecule has 0 aliphatic heterocycles. The minimum atomic E-state index is 0.648. The van der Waals surface area contributed by atoms with Crippen LogP contribution in [0.25, 0.3) is 0 Å². The van der Waals surface area contributed by atoms with Crippen molar-refractivity contribution in [3.05, 3.63) is 11.5 Å². The van der Waals surface area contributed by atoms with Gasteiger partial charge in [-0.15, -0.1) is 0 Å². The van der Waals surface area contributed by atoms with E-state index in [9.17, 15) is 0 Å². The number of rotatable bonds is 2. The lowest BCUT2D eigenvalue weighted by Gasteiger charge is -1.84. The van der Waals surface area contributed by atoms with Gasteiger partial charge >= 0.3 is 0 Å². The smallest absolute Gasteiger partial charge is 0.0652 e. The second-order valence-corrected chi connectivity index (χ2v) is 2.57. The van der Waals surface area contributed by atoms with E-state index >= 15 is 0 Å². The van der Waals surface area contributed by atoms with E-state index < -0.39 is 0 Å². The Balaban J connectivity index is 3.16. The maximum Gasteiger partial charge on any atom is 0.0652 e. The van der Waals surface area contributed by atoms with Crippen molar-refractivity contribution < 1.29 is 0 Å². The van der Waals surface area contributed by atoms with E-state index in [0.29, 0.717) is 5.04 Å². The lowest BCUT2D eigenvalue weighted by molar-refractivity contribution is 1.23. The van der Waals surface area contributed by atoms with Crippen LogP contribution < -0.4 is 0 Å². The highest BCUT2D eigenvalue weighted by molar-refractivity contribution is 8.16. The molecule has 2 heteroatoms. The van der Waals surface area contributed by atoms with Gasteiger partial charge in [-0.1, -0.05) is 24.8 Å². The fourth-order valence-corrected chi connectivity index (χ4v) is 0.739. The van der Waals surface area contributed by atoms with Gasteiger partial charge in [-0.2, -0.15) is 0 Å². The maximum absolute atomic E-state index is 6.98. The largest absolute Gasteiger partial charge is 0.298 e. The Morgan fingerprint density at radius 3 is 2.75 bits per heavy atom. The van der Waals surface area contributed by atoms with E-state index in [2.05, 4.69) is 6.92 Å². The summed E-state index contributed by atoms with van der Waals surface area (Å²) in [6.07, 6.45) is 3.10. The minimum Gasteiger partial charge on any atom is -0.298 e. The second-order valence-electron chi connectivity index (χ2n) is 1.45.